The van der Waals surface area contributed by atoms with E-state index in [2.05, 4.69) is 33.4 Å². The fourth-order valence-electron chi connectivity index (χ4n) is 12.9. The van der Waals surface area contributed by atoms with E-state index in [4.69, 9.17) is 8.75 Å². The van der Waals surface area contributed by atoms with Gasteiger partial charge in [0.1, 0.15) is 11.0 Å². The molecule has 17 heteroatoms. The molecule has 338 valence electrons. The average molecular weight is 965 g/mol. The molecule has 4 N–H and O–H groups in total. The molecule has 5 heterocycles. The van der Waals surface area contributed by atoms with Crippen LogP contribution in [0, 0.1) is 22.7 Å². The number of benzene rings is 10. The maximum absolute atomic E-state index is 14.1. The van der Waals surface area contributed by atoms with Gasteiger partial charge in [-0.15, -0.1) is 0 Å². The summed E-state index contributed by atoms with van der Waals surface area (Å²) in [6, 6.07) is 24.6. The Kier molecular flexibility index (Phi) is 6.97. The number of aryl methyl sites for hydroxylation is 1. The summed E-state index contributed by atoms with van der Waals surface area (Å²) in [5.41, 5.74) is 5.68. The van der Waals surface area contributed by atoms with Crippen LogP contribution in [0.5, 0.6) is 0 Å². The highest BCUT2D eigenvalue weighted by Gasteiger charge is 2.38. The van der Waals surface area contributed by atoms with E-state index in [9.17, 15) is 48.9 Å². The summed E-state index contributed by atoms with van der Waals surface area (Å²) in [5.74, 6) is -4.88. The van der Waals surface area contributed by atoms with Crippen LogP contribution in [-0.2, 0) is 11.2 Å². The van der Waals surface area contributed by atoms with E-state index in [1.54, 1.807) is 48.5 Å². The molecule has 0 atom stereocenters. The first kappa shape index (κ1) is 39.5. The Labute approximate surface area is 409 Å². The van der Waals surface area contributed by atoms with Crippen LogP contribution in [0.3, 0.4) is 0 Å². The second-order valence-corrected chi connectivity index (χ2v) is 19.3. The minimum atomic E-state index is -0.659. The Morgan fingerprint density at radius 1 is 0.370 bits per heavy atom. The molecule has 4 aliphatic heterocycles. The topological polar surface area (TPSA) is 258 Å². The number of rotatable bonds is 2. The van der Waals surface area contributed by atoms with Gasteiger partial charge in [0.05, 0.1) is 35.0 Å². The van der Waals surface area contributed by atoms with Gasteiger partial charge in [-0.25, -0.2) is 0 Å². The second-order valence-electron chi connectivity index (χ2n) is 18.8. The fourth-order valence-corrected chi connectivity index (χ4v) is 13.5. The van der Waals surface area contributed by atoms with Crippen molar-refractivity contribution >= 4 is 151 Å². The van der Waals surface area contributed by atoms with Gasteiger partial charge in [0.2, 0.25) is 0 Å². The van der Waals surface area contributed by atoms with Crippen molar-refractivity contribution in [1.29, 1.82) is 10.5 Å². The summed E-state index contributed by atoms with van der Waals surface area (Å²) in [6.45, 7) is 0. The molecule has 10 aromatic carbocycles. The quantitative estimate of drug-likeness (QED) is 0.0775. The van der Waals surface area contributed by atoms with Gasteiger partial charge in [0.15, 0.2) is 0 Å². The van der Waals surface area contributed by atoms with Gasteiger partial charge in [-0.3, -0.25) is 59.6 Å². The zero-order chi connectivity index (χ0) is 49.4. The van der Waals surface area contributed by atoms with Gasteiger partial charge in [-0.1, -0.05) is 30.3 Å². The number of nitrogens with one attached hydrogen (secondary N) is 4. The predicted molar refractivity (Wildman–Crippen MR) is 266 cm³/mol. The predicted octanol–water partition coefficient (Wildman–Crippen LogP) is 7.02. The van der Waals surface area contributed by atoms with Crippen LogP contribution in [-0.4, -0.2) is 56.0 Å². The van der Waals surface area contributed by atoms with Crippen molar-refractivity contribution < 1.29 is 38.4 Å². The first-order valence-corrected chi connectivity index (χ1v) is 23.5. The smallest absolute Gasteiger partial charge is 0.258 e. The van der Waals surface area contributed by atoms with E-state index in [0.29, 0.717) is 131 Å². The number of aromatic nitrogens is 2. The molecule has 0 spiro atoms. The highest BCUT2D eigenvalue weighted by molar-refractivity contribution is 7.00. The molecular formula is C56H20N8O8S. The number of fused-ring (bicyclic) bond motifs is 5. The number of amides is 8. The molecule has 0 saturated carbocycles. The van der Waals surface area contributed by atoms with Crippen LogP contribution < -0.4 is 26.5 Å². The first-order valence-electron chi connectivity index (χ1n) is 22.8. The molecule has 0 radical (unpaired) electrons. The molecule has 0 fully saturated rings. The highest BCUT2D eigenvalue weighted by atomic mass is 32.1. The summed E-state index contributed by atoms with van der Waals surface area (Å²) in [5, 5.41) is 38.5. The minimum absolute atomic E-state index is 0.144. The Morgan fingerprint density at radius 2 is 0.767 bits per heavy atom. The van der Waals surface area contributed by atoms with Gasteiger partial charge in [-0.05, 0) is 110 Å². The van der Waals surface area contributed by atoms with Crippen molar-refractivity contribution in [2.24, 2.45) is 0 Å². The maximum Gasteiger partial charge on any atom is 0.258 e. The highest BCUT2D eigenvalue weighted by Crippen LogP contribution is 2.52. The van der Waals surface area contributed by atoms with E-state index in [-0.39, 0.29) is 56.5 Å². The average Bonchev–Trinajstić information content (AvgIpc) is 3.89. The van der Waals surface area contributed by atoms with Crippen molar-refractivity contribution in [2.45, 2.75) is 12.8 Å². The SMILES string of the molecule is N#Cc1cc2c3c(ccc4c5c(-c6ccc(-c7cc8c9c(ccc%10c%11c(C#N)cc%12c%13c(ccc(c7c9%10)c%13%11)C(=O)NC%12=O)C(=O)NC8=O)c7nsnc67)cc6c7c5c(c1c34)CCC=7C(=O)NC6=O)C(=O)NC2=O. The minimum Gasteiger partial charge on any atom is -0.288 e. The zero-order valence-electron chi connectivity index (χ0n) is 36.8. The molecule has 0 saturated heterocycles. The van der Waals surface area contributed by atoms with Crippen LogP contribution in [0.4, 0.5) is 0 Å². The number of hydrogen-bond acceptors (Lipinski definition) is 13. The van der Waals surface area contributed by atoms with Gasteiger partial charge in [-0.2, -0.15) is 19.3 Å². The molecule has 16 nitrogen and oxygen atoms in total. The van der Waals surface area contributed by atoms with Crippen LogP contribution in [0.2, 0.25) is 0 Å². The molecule has 8 amide bonds. The molecular weight excluding hydrogens is 945 g/mol. The molecule has 0 bridgehead atoms. The van der Waals surface area contributed by atoms with E-state index in [1.165, 1.54) is 12.1 Å². The number of imide groups is 4. The van der Waals surface area contributed by atoms with Crippen molar-refractivity contribution in [3.8, 4) is 34.4 Å². The van der Waals surface area contributed by atoms with E-state index >= 15 is 0 Å². The molecule has 5 aliphatic rings. The third-order valence-electron chi connectivity index (χ3n) is 15.6. The van der Waals surface area contributed by atoms with Crippen molar-refractivity contribution in [3.63, 3.8) is 0 Å². The summed E-state index contributed by atoms with van der Waals surface area (Å²) in [4.78, 5) is 109. The lowest BCUT2D eigenvalue weighted by atomic mass is 9.76. The van der Waals surface area contributed by atoms with E-state index in [1.807, 2.05) is 12.1 Å². The summed E-state index contributed by atoms with van der Waals surface area (Å²) in [6.07, 6.45) is 0.543. The zero-order valence-corrected chi connectivity index (χ0v) is 37.6. The fraction of sp³-hybridized carbons (Fsp3) is 0.0357. The Hall–Kier alpha value is -10.4. The standard InChI is InChI=1S/C56H20N8O8S/c57-15-17-11-31-39-25(49(65)59-53(31)69)9-5-23-37-29(13-33-41-27(51(67)61-55(33)71)7-3-21(45(37)41)35(17)43(23)39)19-1-2-20(48-47(19)63-73-64-48)30-14-34-42-28(52(68)62-56(34)72)8-4-22-36-18(16-58)12-32-40-26(50(66)60-54(32)70)10-6-24(44(36)40)38(30)46(22)42/h1-3,5-7,9-14H,4,8H2,(H,59,65,69)(H,60,66,70)(H,61,67,71)(H,62,68,72). The number of carbonyl (C=O) groups excluding carboxylic acids is 8. The van der Waals surface area contributed by atoms with Crippen LogP contribution in [0.25, 0.3) is 114 Å². The van der Waals surface area contributed by atoms with Gasteiger partial charge in [0.25, 0.3) is 47.3 Å². The summed E-state index contributed by atoms with van der Waals surface area (Å²) in [7, 11) is 0. The van der Waals surface area contributed by atoms with E-state index < -0.39 is 47.3 Å². The lowest BCUT2D eigenvalue weighted by molar-refractivity contribution is -0.115. The van der Waals surface area contributed by atoms with Crippen molar-refractivity contribution in [3.05, 3.63) is 134 Å². The number of hydrogen-bond donors (Lipinski definition) is 4. The lowest BCUT2D eigenvalue weighted by Crippen LogP contribution is -2.43. The molecule has 16 rings (SSSR count). The van der Waals surface area contributed by atoms with Crippen LogP contribution in [0.1, 0.15) is 95.6 Å². The van der Waals surface area contributed by atoms with Gasteiger partial charge in [0, 0.05) is 98.6 Å². The van der Waals surface area contributed by atoms with E-state index in [0.717, 1.165) is 11.7 Å². The van der Waals surface area contributed by atoms with Crippen molar-refractivity contribution in [1.82, 2.24) is 30.0 Å². The van der Waals surface area contributed by atoms with Crippen LogP contribution >= 0.6 is 11.7 Å². The summed E-state index contributed by atoms with van der Waals surface area (Å²) >= 11 is 0.921. The number of nitriles is 2. The normalized spacial score (nSPS) is 15.6. The number of carbonyl (C=O) groups is 8. The number of nitrogens with zero attached hydrogens (tertiary/aromatic N) is 4. The molecule has 1 aliphatic carbocycles. The monoisotopic (exact) mass is 964 g/mol. The molecule has 11 aromatic rings. The first-order chi connectivity index (χ1) is 35.4. The molecule has 0 unspecified atom stereocenters. The molecule has 1 aromatic heterocycles. The van der Waals surface area contributed by atoms with Gasteiger partial charge >= 0.3 is 0 Å². The maximum atomic E-state index is 14.1. The summed E-state index contributed by atoms with van der Waals surface area (Å²) < 4.78 is 9.78. The Morgan fingerprint density at radius 3 is 1.30 bits per heavy atom. The lowest BCUT2D eigenvalue weighted by Gasteiger charge is -2.28. The third-order valence-corrected chi connectivity index (χ3v) is 16.2. The molecule has 73 heavy (non-hydrogen) atoms. The third kappa shape index (κ3) is 4.50. The largest absolute Gasteiger partial charge is 0.288 e. The Bertz CT molecular complexity index is 5060. The van der Waals surface area contributed by atoms with Crippen molar-refractivity contribution in [2.75, 3.05) is 0 Å². The Balaban J connectivity index is 1.07. The van der Waals surface area contributed by atoms with Gasteiger partial charge < -0.3 is 0 Å². The van der Waals surface area contributed by atoms with Crippen LogP contribution in [0.15, 0.2) is 72.8 Å². The second kappa shape index (κ2) is 12.9.